The van der Waals surface area contributed by atoms with E-state index in [-0.39, 0.29) is 16.8 Å². The molecule has 7 heteroatoms. The van der Waals surface area contributed by atoms with Gasteiger partial charge in [-0.25, -0.2) is 9.78 Å². The lowest BCUT2D eigenvalue weighted by Gasteiger charge is -2.08. The fourth-order valence-electron chi connectivity index (χ4n) is 2.74. The smallest absolute Gasteiger partial charge is 0.332 e. The Bertz CT molecular complexity index is 1010. The molecule has 0 saturated carbocycles. The minimum atomic E-state index is -0.387. The van der Waals surface area contributed by atoms with Crippen molar-refractivity contribution in [3.63, 3.8) is 0 Å². The molecule has 7 nitrogen and oxygen atoms in total. The van der Waals surface area contributed by atoms with E-state index in [1.807, 2.05) is 25.1 Å². The predicted octanol–water partition coefficient (Wildman–Crippen LogP) is 0.891. The van der Waals surface area contributed by atoms with Crippen LogP contribution in [0.15, 0.2) is 33.9 Å². The molecule has 0 aliphatic carbocycles. The van der Waals surface area contributed by atoms with Gasteiger partial charge in [-0.05, 0) is 12.5 Å². The summed E-state index contributed by atoms with van der Waals surface area (Å²) in [4.78, 5) is 28.6. The molecule has 3 rings (SSSR count). The van der Waals surface area contributed by atoms with Crippen LogP contribution in [0.1, 0.15) is 11.1 Å². The fraction of sp³-hybridized carbons (Fsp3) is 0.312. The second kappa shape index (κ2) is 5.42. The van der Waals surface area contributed by atoms with E-state index >= 15 is 0 Å². The molecule has 3 aromatic rings. The van der Waals surface area contributed by atoms with Gasteiger partial charge in [0.1, 0.15) is 0 Å². The summed E-state index contributed by atoms with van der Waals surface area (Å²) < 4.78 is 4.23. The minimum absolute atomic E-state index is 0.281. The van der Waals surface area contributed by atoms with Crippen LogP contribution in [0, 0.1) is 6.92 Å². The van der Waals surface area contributed by atoms with E-state index in [1.165, 1.54) is 17.2 Å². The third kappa shape index (κ3) is 2.44. The van der Waals surface area contributed by atoms with Crippen molar-refractivity contribution in [3.8, 4) is 0 Å². The monoisotopic (exact) mass is 313 g/mol. The summed E-state index contributed by atoms with van der Waals surface area (Å²) in [7, 11) is 4.88. The van der Waals surface area contributed by atoms with Gasteiger partial charge in [-0.15, -0.1) is 0 Å². The van der Waals surface area contributed by atoms with Crippen molar-refractivity contribution in [3.05, 3.63) is 56.2 Å². The number of benzene rings is 1. The van der Waals surface area contributed by atoms with E-state index < -0.39 is 0 Å². The molecule has 23 heavy (non-hydrogen) atoms. The number of imidazole rings is 1. The maximum atomic E-state index is 12.2. The fourth-order valence-corrected chi connectivity index (χ4v) is 2.74. The van der Waals surface area contributed by atoms with Gasteiger partial charge in [-0.3, -0.25) is 18.5 Å². The molecule has 0 fully saturated rings. The second-order valence-corrected chi connectivity index (χ2v) is 5.72. The zero-order valence-corrected chi connectivity index (χ0v) is 13.6. The maximum Gasteiger partial charge on any atom is 0.332 e. The molecule has 0 aliphatic rings. The summed E-state index contributed by atoms with van der Waals surface area (Å²) in [6.07, 6.45) is 0. The van der Waals surface area contributed by atoms with Crippen LogP contribution in [-0.4, -0.2) is 18.7 Å². The number of nitrogens with one attached hydrogen (secondary N) is 1. The quantitative estimate of drug-likeness (QED) is 0.779. The number of nitrogens with zero attached hydrogens (tertiary/aromatic N) is 4. The lowest BCUT2D eigenvalue weighted by atomic mass is 10.1. The summed E-state index contributed by atoms with van der Waals surface area (Å²) in [5.41, 5.74) is 2.34. The Hall–Kier alpha value is -2.83. The van der Waals surface area contributed by atoms with E-state index in [0.29, 0.717) is 18.1 Å². The highest BCUT2D eigenvalue weighted by atomic mass is 16.2. The lowest BCUT2D eigenvalue weighted by Crippen LogP contribution is -2.37. The molecular formula is C16H19N5O2. The molecule has 0 saturated heterocycles. The number of anilines is 1. The van der Waals surface area contributed by atoms with Crippen LogP contribution in [0.3, 0.4) is 0 Å². The van der Waals surface area contributed by atoms with Gasteiger partial charge in [0.25, 0.3) is 5.56 Å². The average molecular weight is 313 g/mol. The van der Waals surface area contributed by atoms with Gasteiger partial charge in [0.15, 0.2) is 11.2 Å². The van der Waals surface area contributed by atoms with Crippen molar-refractivity contribution in [2.45, 2.75) is 13.5 Å². The Morgan fingerprint density at radius 1 is 1.09 bits per heavy atom. The molecule has 1 N–H and O–H groups in total. The molecule has 0 atom stereocenters. The van der Waals surface area contributed by atoms with Crippen LogP contribution in [0.4, 0.5) is 5.95 Å². The first-order chi connectivity index (χ1) is 10.9. The molecule has 2 aromatic heterocycles. The molecule has 0 amide bonds. The average Bonchev–Trinajstić information content (AvgIpc) is 2.86. The molecule has 0 unspecified atom stereocenters. The van der Waals surface area contributed by atoms with Gasteiger partial charge in [0, 0.05) is 27.7 Å². The van der Waals surface area contributed by atoms with E-state index in [4.69, 9.17) is 0 Å². The van der Waals surface area contributed by atoms with Crippen LogP contribution in [0.5, 0.6) is 0 Å². The largest absolute Gasteiger partial charge is 0.352 e. The minimum Gasteiger partial charge on any atom is -0.352 e. The predicted molar refractivity (Wildman–Crippen MR) is 89.7 cm³/mol. The molecule has 0 bridgehead atoms. The van der Waals surface area contributed by atoms with E-state index in [0.717, 1.165) is 10.1 Å². The number of rotatable bonds is 3. The first-order valence-electron chi connectivity index (χ1n) is 7.32. The highest BCUT2D eigenvalue weighted by Crippen LogP contribution is 2.14. The van der Waals surface area contributed by atoms with Crippen LogP contribution in [0.2, 0.25) is 0 Å². The SMILES string of the molecule is Cc1cccc(CNc2nc3c(=O)n(C)c(=O)n(C)c3n2C)c1. The number of fused-ring (bicyclic) bond motifs is 1. The molecule has 2 heterocycles. The Labute approximate surface area is 132 Å². The number of hydrogen-bond donors (Lipinski definition) is 1. The topological polar surface area (TPSA) is 73.8 Å². The molecule has 120 valence electrons. The molecule has 0 radical (unpaired) electrons. The van der Waals surface area contributed by atoms with Crippen LogP contribution < -0.4 is 16.6 Å². The molecular weight excluding hydrogens is 294 g/mol. The summed E-state index contributed by atoms with van der Waals surface area (Å²) in [5.74, 6) is 0.555. The van der Waals surface area contributed by atoms with Crippen molar-refractivity contribution in [2.75, 3.05) is 5.32 Å². The first-order valence-corrected chi connectivity index (χ1v) is 7.32. The Kier molecular flexibility index (Phi) is 3.55. The van der Waals surface area contributed by atoms with Crippen molar-refractivity contribution in [1.82, 2.24) is 18.7 Å². The number of aromatic nitrogens is 4. The zero-order chi connectivity index (χ0) is 16.7. The van der Waals surface area contributed by atoms with Gasteiger partial charge in [0.05, 0.1) is 0 Å². The number of aryl methyl sites for hydroxylation is 3. The Morgan fingerprint density at radius 2 is 1.83 bits per heavy atom. The number of hydrogen-bond acceptors (Lipinski definition) is 4. The standard InChI is InChI=1S/C16H19N5O2/c1-10-6-5-7-11(8-10)9-17-15-18-12-13(19(15)2)20(3)16(23)21(4)14(12)22/h5-8H,9H2,1-4H3,(H,17,18). The van der Waals surface area contributed by atoms with Crippen molar-refractivity contribution < 1.29 is 0 Å². The van der Waals surface area contributed by atoms with E-state index in [2.05, 4.69) is 16.4 Å². The summed E-state index contributed by atoms with van der Waals surface area (Å²) >= 11 is 0. The van der Waals surface area contributed by atoms with Gasteiger partial charge >= 0.3 is 5.69 Å². The molecule has 0 spiro atoms. The lowest BCUT2D eigenvalue weighted by molar-refractivity contribution is 0.698. The highest BCUT2D eigenvalue weighted by molar-refractivity contribution is 5.74. The summed E-state index contributed by atoms with van der Waals surface area (Å²) in [6.45, 7) is 2.63. The third-order valence-electron chi connectivity index (χ3n) is 4.00. The van der Waals surface area contributed by atoms with Crippen molar-refractivity contribution in [1.29, 1.82) is 0 Å². The van der Waals surface area contributed by atoms with Crippen LogP contribution in [0.25, 0.3) is 11.2 Å². The Morgan fingerprint density at radius 3 is 2.52 bits per heavy atom. The van der Waals surface area contributed by atoms with Gasteiger partial charge in [-0.1, -0.05) is 29.8 Å². The normalized spacial score (nSPS) is 11.1. The van der Waals surface area contributed by atoms with Gasteiger partial charge in [-0.2, -0.15) is 0 Å². The second-order valence-electron chi connectivity index (χ2n) is 5.72. The van der Waals surface area contributed by atoms with Gasteiger partial charge < -0.3 is 5.32 Å². The van der Waals surface area contributed by atoms with Crippen molar-refractivity contribution in [2.24, 2.45) is 21.1 Å². The summed E-state index contributed by atoms with van der Waals surface area (Å²) in [5, 5.41) is 3.23. The van der Waals surface area contributed by atoms with Crippen LogP contribution in [-0.2, 0) is 27.7 Å². The maximum absolute atomic E-state index is 12.2. The molecule has 1 aromatic carbocycles. The van der Waals surface area contributed by atoms with Crippen molar-refractivity contribution >= 4 is 17.1 Å². The molecule has 0 aliphatic heterocycles. The van der Waals surface area contributed by atoms with Gasteiger partial charge in [0.2, 0.25) is 5.95 Å². The van der Waals surface area contributed by atoms with E-state index in [1.54, 1.807) is 18.7 Å². The highest BCUT2D eigenvalue weighted by Gasteiger charge is 2.16. The summed E-state index contributed by atoms with van der Waals surface area (Å²) in [6, 6.07) is 8.15. The van der Waals surface area contributed by atoms with Crippen LogP contribution >= 0.6 is 0 Å². The zero-order valence-electron chi connectivity index (χ0n) is 13.6. The third-order valence-corrected chi connectivity index (χ3v) is 4.00. The Balaban J connectivity index is 2.04. The van der Waals surface area contributed by atoms with E-state index in [9.17, 15) is 9.59 Å². The first kappa shape index (κ1) is 15.1.